The van der Waals surface area contributed by atoms with Crippen LogP contribution in [-0.4, -0.2) is 22.6 Å². The van der Waals surface area contributed by atoms with Crippen molar-refractivity contribution in [2.45, 2.75) is 19.4 Å². The van der Waals surface area contributed by atoms with Crippen LogP contribution >= 0.6 is 11.6 Å². The average Bonchev–Trinajstić information content (AvgIpc) is 2.71. The monoisotopic (exact) mass is 302 g/mol. The molecule has 1 aliphatic heterocycles. The van der Waals surface area contributed by atoms with E-state index in [9.17, 15) is 4.79 Å². The highest BCUT2D eigenvalue weighted by Crippen LogP contribution is 2.38. The van der Waals surface area contributed by atoms with Gasteiger partial charge in [-0.1, -0.05) is 11.6 Å². The number of aromatic nitrogens is 1. The van der Waals surface area contributed by atoms with Crippen LogP contribution in [0.5, 0.6) is 0 Å². The maximum Gasteiger partial charge on any atom is 0.259 e. The lowest BCUT2D eigenvalue weighted by atomic mass is 10.1. The smallest absolute Gasteiger partial charge is 0.259 e. The lowest BCUT2D eigenvalue weighted by molar-refractivity contribution is 0.0992. The maximum absolute atomic E-state index is 12.6. The molecule has 1 amide bonds. The molecule has 3 rings (SSSR count). The topological polar surface area (TPSA) is 53.4 Å². The molecule has 0 spiro atoms. The van der Waals surface area contributed by atoms with Gasteiger partial charge in [0, 0.05) is 23.4 Å². The van der Waals surface area contributed by atoms with Gasteiger partial charge in [0.25, 0.3) is 5.91 Å². The van der Waals surface area contributed by atoms with Crippen LogP contribution in [0.1, 0.15) is 34.5 Å². The molecule has 1 aromatic carbocycles. The molecule has 5 heteroatoms. The van der Waals surface area contributed by atoms with E-state index in [1.807, 2.05) is 19.1 Å². The summed E-state index contributed by atoms with van der Waals surface area (Å²) in [6, 6.07) is 7.14. The largest absolute Gasteiger partial charge is 0.396 e. The second kappa shape index (κ2) is 5.47. The molecule has 1 aliphatic rings. The van der Waals surface area contributed by atoms with E-state index in [-0.39, 0.29) is 18.6 Å². The lowest BCUT2D eigenvalue weighted by Crippen LogP contribution is -2.26. The van der Waals surface area contributed by atoms with Crippen LogP contribution in [0.2, 0.25) is 5.02 Å². The van der Waals surface area contributed by atoms with Crippen molar-refractivity contribution in [2.75, 3.05) is 11.5 Å². The Kier molecular flexibility index (Phi) is 3.66. The van der Waals surface area contributed by atoms with Crippen LogP contribution in [0.4, 0.5) is 5.69 Å². The molecule has 2 aromatic rings. The predicted molar refractivity (Wildman–Crippen MR) is 81.7 cm³/mol. The Bertz CT molecular complexity index is 702. The van der Waals surface area contributed by atoms with Crippen molar-refractivity contribution < 1.29 is 9.90 Å². The van der Waals surface area contributed by atoms with Crippen LogP contribution in [0.3, 0.4) is 0 Å². The van der Waals surface area contributed by atoms with Gasteiger partial charge < -0.3 is 5.11 Å². The third-order valence-electron chi connectivity index (χ3n) is 3.76. The summed E-state index contributed by atoms with van der Waals surface area (Å²) >= 11 is 6.03. The number of aliphatic hydroxyl groups is 1. The number of pyridine rings is 1. The van der Waals surface area contributed by atoms with Gasteiger partial charge in [-0.2, -0.15) is 0 Å². The van der Waals surface area contributed by atoms with Gasteiger partial charge in [-0.25, -0.2) is 0 Å². The van der Waals surface area contributed by atoms with Gasteiger partial charge in [0.1, 0.15) is 0 Å². The first-order valence-electron chi connectivity index (χ1n) is 6.79. The summed E-state index contributed by atoms with van der Waals surface area (Å²) in [5.41, 5.74) is 3.26. The summed E-state index contributed by atoms with van der Waals surface area (Å²) in [4.78, 5) is 18.5. The van der Waals surface area contributed by atoms with Gasteiger partial charge in [-0.3, -0.25) is 14.7 Å². The normalized spacial score (nSPS) is 17.2. The number of carbonyl (C=O) groups excluding carboxylic acids is 1. The quantitative estimate of drug-likeness (QED) is 0.948. The van der Waals surface area contributed by atoms with Crippen LogP contribution in [0.15, 0.2) is 36.7 Å². The van der Waals surface area contributed by atoms with Crippen molar-refractivity contribution in [3.63, 3.8) is 0 Å². The lowest BCUT2D eigenvalue weighted by Gasteiger charge is -2.22. The number of hydrogen-bond donors (Lipinski definition) is 1. The molecular weight excluding hydrogens is 288 g/mol. The molecule has 1 N–H and O–H groups in total. The van der Waals surface area contributed by atoms with Crippen molar-refractivity contribution in [3.05, 3.63) is 58.4 Å². The number of fused-ring (bicyclic) bond motifs is 1. The molecule has 1 atom stereocenters. The molecule has 0 fully saturated rings. The molecule has 1 aromatic heterocycles. The first-order valence-corrected chi connectivity index (χ1v) is 7.17. The number of carbonyl (C=O) groups is 1. The van der Waals surface area contributed by atoms with Crippen LogP contribution in [0.25, 0.3) is 0 Å². The summed E-state index contributed by atoms with van der Waals surface area (Å²) in [6.07, 6.45) is 3.90. The molecule has 1 unspecified atom stereocenters. The van der Waals surface area contributed by atoms with Gasteiger partial charge in [-0.05, 0) is 48.7 Å². The van der Waals surface area contributed by atoms with Gasteiger partial charge in [-0.15, -0.1) is 0 Å². The molecule has 0 aliphatic carbocycles. The molecular formula is C16H15ClN2O2. The van der Waals surface area contributed by atoms with E-state index in [4.69, 9.17) is 16.7 Å². The molecule has 0 radical (unpaired) electrons. The third-order valence-corrected chi connectivity index (χ3v) is 3.99. The van der Waals surface area contributed by atoms with Gasteiger partial charge in [0.05, 0.1) is 17.9 Å². The fraction of sp³-hybridized carbons (Fsp3) is 0.250. The zero-order valence-corrected chi connectivity index (χ0v) is 12.3. The molecule has 108 valence electrons. The van der Waals surface area contributed by atoms with Crippen molar-refractivity contribution >= 4 is 23.2 Å². The first-order chi connectivity index (χ1) is 10.1. The van der Waals surface area contributed by atoms with E-state index in [0.717, 1.165) is 16.8 Å². The first kappa shape index (κ1) is 14.0. The summed E-state index contributed by atoms with van der Waals surface area (Å²) in [5, 5.41) is 9.66. The number of anilines is 1. The minimum atomic E-state index is -0.0858. The fourth-order valence-electron chi connectivity index (χ4n) is 2.73. The number of benzene rings is 1. The second-order valence-corrected chi connectivity index (χ2v) is 5.54. The molecule has 2 heterocycles. The summed E-state index contributed by atoms with van der Waals surface area (Å²) in [5.74, 6) is -0.0443. The van der Waals surface area contributed by atoms with E-state index in [1.54, 1.807) is 29.4 Å². The van der Waals surface area contributed by atoms with Gasteiger partial charge in [0.15, 0.2) is 0 Å². The second-order valence-electron chi connectivity index (χ2n) is 5.11. The highest BCUT2D eigenvalue weighted by Gasteiger charge is 2.35. The Labute approximate surface area is 128 Å². The number of hydrogen-bond acceptors (Lipinski definition) is 3. The van der Waals surface area contributed by atoms with Gasteiger partial charge in [0.2, 0.25) is 0 Å². The van der Waals surface area contributed by atoms with E-state index in [2.05, 4.69) is 4.98 Å². The standard InChI is InChI=1S/C16H15ClN2O2/c1-10-15-7-12(17)2-3-14(15)16(21)19(10)13-6-11(4-5-20)8-18-9-13/h2-3,6-10,20H,4-5H2,1H3. The minimum Gasteiger partial charge on any atom is -0.396 e. The molecule has 0 saturated carbocycles. The van der Waals surface area contributed by atoms with E-state index in [1.165, 1.54) is 0 Å². The van der Waals surface area contributed by atoms with E-state index >= 15 is 0 Å². The van der Waals surface area contributed by atoms with Crippen LogP contribution in [0, 0.1) is 0 Å². The number of aliphatic hydroxyl groups excluding tert-OH is 1. The Morgan fingerprint density at radius 2 is 2.14 bits per heavy atom. The van der Waals surface area contributed by atoms with Gasteiger partial charge >= 0.3 is 0 Å². The highest BCUT2D eigenvalue weighted by molar-refractivity contribution is 6.31. The zero-order chi connectivity index (χ0) is 15.0. The van der Waals surface area contributed by atoms with Crippen LogP contribution < -0.4 is 4.90 Å². The molecule has 4 nitrogen and oxygen atoms in total. The van der Waals surface area contributed by atoms with Crippen molar-refractivity contribution in [2.24, 2.45) is 0 Å². The number of rotatable bonds is 3. The predicted octanol–water partition coefficient (Wildman–Crippen LogP) is 2.99. The highest BCUT2D eigenvalue weighted by atomic mass is 35.5. The minimum absolute atomic E-state index is 0.0443. The van der Waals surface area contributed by atoms with Crippen molar-refractivity contribution in [1.29, 1.82) is 0 Å². The fourth-order valence-corrected chi connectivity index (χ4v) is 2.91. The number of halogens is 1. The van der Waals surface area contributed by atoms with Crippen molar-refractivity contribution in [1.82, 2.24) is 4.98 Å². The summed E-state index contributed by atoms with van der Waals surface area (Å²) in [7, 11) is 0. The van der Waals surface area contributed by atoms with E-state index < -0.39 is 0 Å². The Balaban J connectivity index is 2.01. The summed E-state index contributed by atoms with van der Waals surface area (Å²) < 4.78 is 0. The number of amides is 1. The van der Waals surface area contributed by atoms with Crippen LogP contribution in [-0.2, 0) is 6.42 Å². The van der Waals surface area contributed by atoms with E-state index in [0.29, 0.717) is 17.0 Å². The Hall–Kier alpha value is -1.91. The SMILES string of the molecule is CC1c2cc(Cl)ccc2C(=O)N1c1cncc(CCO)c1. The Morgan fingerprint density at radius 1 is 1.33 bits per heavy atom. The molecule has 0 saturated heterocycles. The molecule has 0 bridgehead atoms. The summed E-state index contributed by atoms with van der Waals surface area (Å²) in [6.45, 7) is 2.03. The number of nitrogens with zero attached hydrogens (tertiary/aromatic N) is 2. The Morgan fingerprint density at radius 3 is 2.90 bits per heavy atom. The molecule has 21 heavy (non-hydrogen) atoms. The maximum atomic E-state index is 12.6. The van der Waals surface area contributed by atoms with Crippen molar-refractivity contribution in [3.8, 4) is 0 Å². The average molecular weight is 303 g/mol. The third kappa shape index (κ3) is 2.41. The zero-order valence-electron chi connectivity index (χ0n) is 11.6.